The molecule has 2 heteroatoms. The van der Waals surface area contributed by atoms with E-state index in [-0.39, 0.29) is 6.29 Å². The van der Waals surface area contributed by atoms with Crippen molar-refractivity contribution in [3.63, 3.8) is 0 Å². The predicted octanol–water partition coefficient (Wildman–Crippen LogP) is 3.96. The molecule has 2 unspecified atom stereocenters. The molecule has 0 saturated carbocycles. The molecule has 0 aliphatic rings. The van der Waals surface area contributed by atoms with E-state index >= 15 is 0 Å². The average molecular weight is 222 g/mol. The Morgan fingerprint density at radius 1 is 1.19 bits per heavy atom. The van der Waals surface area contributed by atoms with Crippen molar-refractivity contribution in [3.05, 3.63) is 29.8 Å². The minimum atomic E-state index is -0.183. The van der Waals surface area contributed by atoms with Gasteiger partial charge >= 0.3 is 0 Å². The van der Waals surface area contributed by atoms with E-state index in [0.717, 1.165) is 12.2 Å². The quantitative estimate of drug-likeness (QED) is 0.678. The van der Waals surface area contributed by atoms with Crippen molar-refractivity contribution < 1.29 is 9.47 Å². The number of rotatable bonds is 6. The highest BCUT2D eigenvalue weighted by Crippen LogP contribution is 2.23. The maximum absolute atomic E-state index is 5.67. The van der Waals surface area contributed by atoms with Crippen LogP contribution in [0.3, 0.4) is 0 Å². The van der Waals surface area contributed by atoms with E-state index in [9.17, 15) is 0 Å². The van der Waals surface area contributed by atoms with Gasteiger partial charge in [-0.1, -0.05) is 26.0 Å². The van der Waals surface area contributed by atoms with Crippen LogP contribution in [0, 0.1) is 0 Å². The third-order valence-electron chi connectivity index (χ3n) is 2.74. The zero-order chi connectivity index (χ0) is 12.0. The summed E-state index contributed by atoms with van der Waals surface area (Å²) in [5, 5.41) is 0. The SMILES string of the molecule is CCOC(C)Oc1cccc(C(C)CC)c1. The Bertz CT molecular complexity index is 309. The maximum atomic E-state index is 5.67. The van der Waals surface area contributed by atoms with Crippen LogP contribution >= 0.6 is 0 Å². The first-order valence-corrected chi connectivity index (χ1v) is 6.05. The Balaban J connectivity index is 2.67. The highest BCUT2D eigenvalue weighted by atomic mass is 16.7. The zero-order valence-electron chi connectivity index (χ0n) is 10.7. The van der Waals surface area contributed by atoms with Crippen LogP contribution in [-0.2, 0) is 4.74 Å². The summed E-state index contributed by atoms with van der Waals surface area (Å²) in [6.07, 6.45) is 0.960. The van der Waals surface area contributed by atoms with Crippen molar-refractivity contribution in [2.24, 2.45) is 0 Å². The van der Waals surface area contributed by atoms with Crippen molar-refractivity contribution in [1.29, 1.82) is 0 Å². The van der Waals surface area contributed by atoms with Gasteiger partial charge in [-0.25, -0.2) is 0 Å². The largest absolute Gasteiger partial charge is 0.465 e. The number of hydrogen-bond acceptors (Lipinski definition) is 2. The van der Waals surface area contributed by atoms with E-state index < -0.39 is 0 Å². The van der Waals surface area contributed by atoms with E-state index in [2.05, 4.69) is 26.0 Å². The van der Waals surface area contributed by atoms with Gasteiger partial charge in [0.05, 0.1) is 0 Å². The molecule has 0 aliphatic heterocycles. The second-order valence-electron chi connectivity index (χ2n) is 4.02. The van der Waals surface area contributed by atoms with Crippen LogP contribution in [0.2, 0.25) is 0 Å². The van der Waals surface area contributed by atoms with Gasteiger partial charge in [0.25, 0.3) is 0 Å². The molecule has 0 saturated heterocycles. The minimum Gasteiger partial charge on any atom is -0.465 e. The first-order valence-electron chi connectivity index (χ1n) is 6.05. The number of hydrogen-bond donors (Lipinski definition) is 0. The molecule has 1 aromatic rings. The number of ether oxygens (including phenoxy) is 2. The van der Waals surface area contributed by atoms with Gasteiger partial charge in [0, 0.05) is 6.61 Å². The van der Waals surface area contributed by atoms with Crippen molar-refractivity contribution in [1.82, 2.24) is 0 Å². The Kier molecular flexibility index (Phi) is 5.33. The molecular formula is C14H22O2. The Morgan fingerprint density at radius 2 is 1.94 bits per heavy atom. The lowest BCUT2D eigenvalue weighted by atomic mass is 9.99. The fourth-order valence-corrected chi connectivity index (χ4v) is 1.59. The summed E-state index contributed by atoms with van der Waals surface area (Å²) in [5.74, 6) is 1.46. The van der Waals surface area contributed by atoms with Crippen LogP contribution in [0.25, 0.3) is 0 Å². The molecular weight excluding hydrogens is 200 g/mol. The molecule has 0 radical (unpaired) electrons. The van der Waals surface area contributed by atoms with Gasteiger partial charge in [0.1, 0.15) is 5.75 Å². The lowest BCUT2D eigenvalue weighted by Gasteiger charge is -2.16. The average Bonchev–Trinajstić information content (AvgIpc) is 2.28. The molecule has 0 spiro atoms. The third-order valence-corrected chi connectivity index (χ3v) is 2.74. The van der Waals surface area contributed by atoms with Crippen molar-refractivity contribution >= 4 is 0 Å². The molecule has 0 heterocycles. The first kappa shape index (κ1) is 13.0. The molecule has 2 nitrogen and oxygen atoms in total. The van der Waals surface area contributed by atoms with Crippen molar-refractivity contribution in [2.75, 3.05) is 6.61 Å². The summed E-state index contributed by atoms with van der Waals surface area (Å²) in [6.45, 7) is 8.98. The normalized spacial score (nSPS) is 14.5. The summed E-state index contributed by atoms with van der Waals surface area (Å²) >= 11 is 0. The molecule has 0 fully saturated rings. The van der Waals surface area contributed by atoms with E-state index in [1.165, 1.54) is 5.56 Å². The van der Waals surface area contributed by atoms with E-state index in [4.69, 9.17) is 9.47 Å². The van der Waals surface area contributed by atoms with Gasteiger partial charge in [-0.05, 0) is 43.9 Å². The minimum absolute atomic E-state index is 0.183. The van der Waals surface area contributed by atoms with Gasteiger partial charge < -0.3 is 9.47 Å². The van der Waals surface area contributed by atoms with Crippen molar-refractivity contribution in [2.45, 2.75) is 46.3 Å². The summed E-state index contributed by atoms with van der Waals surface area (Å²) < 4.78 is 11.0. The summed E-state index contributed by atoms with van der Waals surface area (Å²) in [7, 11) is 0. The van der Waals surface area contributed by atoms with Gasteiger partial charge in [-0.2, -0.15) is 0 Å². The molecule has 0 aromatic heterocycles. The second-order valence-corrected chi connectivity index (χ2v) is 4.02. The smallest absolute Gasteiger partial charge is 0.196 e. The van der Waals surface area contributed by atoms with Crippen molar-refractivity contribution in [3.8, 4) is 5.75 Å². The highest BCUT2D eigenvalue weighted by Gasteiger charge is 2.06. The van der Waals surface area contributed by atoms with Gasteiger partial charge in [0.15, 0.2) is 6.29 Å². The van der Waals surface area contributed by atoms with E-state index in [1.807, 2.05) is 26.0 Å². The van der Waals surface area contributed by atoms with Crippen LogP contribution in [0.15, 0.2) is 24.3 Å². The third kappa shape index (κ3) is 3.86. The first-order chi connectivity index (χ1) is 7.67. The molecule has 0 N–H and O–H groups in total. The summed E-state index contributed by atoms with van der Waals surface area (Å²) in [6, 6.07) is 8.26. The van der Waals surface area contributed by atoms with Crippen LogP contribution < -0.4 is 4.74 Å². The number of benzene rings is 1. The van der Waals surface area contributed by atoms with Crippen LogP contribution in [-0.4, -0.2) is 12.9 Å². The Hall–Kier alpha value is -1.02. The molecule has 0 aliphatic carbocycles. The zero-order valence-corrected chi connectivity index (χ0v) is 10.7. The second kappa shape index (κ2) is 6.54. The Morgan fingerprint density at radius 3 is 2.56 bits per heavy atom. The van der Waals surface area contributed by atoms with E-state index in [1.54, 1.807) is 0 Å². The monoisotopic (exact) mass is 222 g/mol. The molecule has 2 atom stereocenters. The molecule has 90 valence electrons. The van der Waals surface area contributed by atoms with Gasteiger partial charge in [-0.3, -0.25) is 0 Å². The summed E-state index contributed by atoms with van der Waals surface area (Å²) in [4.78, 5) is 0. The predicted molar refractivity (Wildman–Crippen MR) is 66.9 cm³/mol. The fraction of sp³-hybridized carbons (Fsp3) is 0.571. The molecule has 1 rings (SSSR count). The van der Waals surface area contributed by atoms with Crippen LogP contribution in [0.5, 0.6) is 5.75 Å². The molecule has 1 aromatic carbocycles. The molecule has 0 amide bonds. The fourth-order valence-electron chi connectivity index (χ4n) is 1.59. The van der Waals surface area contributed by atoms with Gasteiger partial charge in [-0.15, -0.1) is 0 Å². The lowest BCUT2D eigenvalue weighted by Crippen LogP contribution is -2.16. The van der Waals surface area contributed by atoms with Crippen LogP contribution in [0.4, 0.5) is 0 Å². The highest BCUT2D eigenvalue weighted by molar-refractivity contribution is 5.30. The molecule has 0 bridgehead atoms. The summed E-state index contributed by atoms with van der Waals surface area (Å²) in [5.41, 5.74) is 1.32. The maximum Gasteiger partial charge on any atom is 0.196 e. The Labute approximate surface area is 98.6 Å². The van der Waals surface area contributed by atoms with E-state index in [0.29, 0.717) is 12.5 Å². The standard InChI is InChI=1S/C14H22O2/c1-5-11(3)13-8-7-9-14(10-13)16-12(4)15-6-2/h7-12H,5-6H2,1-4H3. The molecule has 16 heavy (non-hydrogen) atoms. The lowest BCUT2D eigenvalue weighted by molar-refractivity contribution is -0.0613. The van der Waals surface area contributed by atoms with Gasteiger partial charge in [0.2, 0.25) is 0 Å². The topological polar surface area (TPSA) is 18.5 Å². The van der Waals surface area contributed by atoms with Crippen LogP contribution in [0.1, 0.15) is 45.6 Å².